The molecule has 532 valence electrons. The summed E-state index contributed by atoms with van der Waals surface area (Å²) in [5.74, 6) is -0.0431. The van der Waals surface area contributed by atoms with Gasteiger partial charge < -0.3 is 20.3 Å². The van der Waals surface area contributed by atoms with Crippen LogP contribution in [0.2, 0.25) is 0 Å². The van der Waals surface area contributed by atoms with E-state index in [-0.39, 0.29) is 18.5 Å². The zero-order valence-electron chi connectivity index (χ0n) is 61.1. The summed E-state index contributed by atoms with van der Waals surface area (Å²) < 4.78 is 5.50. The van der Waals surface area contributed by atoms with Gasteiger partial charge in [-0.05, 0) is 64.2 Å². The van der Waals surface area contributed by atoms with Crippen LogP contribution in [0.4, 0.5) is 0 Å². The van der Waals surface area contributed by atoms with Crippen LogP contribution in [0.5, 0.6) is 0 Å². The Labute approximate surface area is 564 Å². The van der Waals surface area contributed by atoms with Crippen molar-refractivity contribution in [3.05, 3.63) is 36.5 Å². The maximum Gasteiger partial charge on any atom is 0.305 e. The predicted molar refractivity (Wildman–Crippen MR) is 398 cm³/mol. The Hall–Kier alpha value is -1.92. The van der Waals surface area contributed by atoms with Gasteiger partial charge in [-0.1, -0.05) is 423 Å². The first-order chi connectivity index (χ1) is 44.5. The number of aliphatic hydroxyl groups excluding tert-OH is 2. The second-order valence-electron chi connectivity index (χ2n) is 28.5. The summed E-state index contributed by atoms with van der Waals surface area (Å²) >= 11 is 0. The second kappa shape index (κ2) is 79.5. The maximum atomic E-state index is 12.6. The lowest BCUT2D eigenvalue weighted by Crippen LogP contribution is -2.45. The SMILES string of the molecule is CCCCCCCCCCCCCCCCCCCCCCCCC/C=C/C(O)C(CO)NC(=O)CCCCCCCCCCCCCCCCCCC/C=C\C/C=C\CCCCCCCCCCCOC(=O)CCCCCCCCCCCCCCCCC. The lowest BCUT2D eigenvalue weighted by Gasteiger charge is -2.20. The van der Waals surface area contributed by atoms with Crippen molar-refractivity contribution in [2.45, 2.75) is 475 Å². The molecule has 0 aromatic rings. The minimum Gasteiger partial charge on any atom is -0.466 e. The first-order valence-corrected chi connectivity index (χ1v) is 41.3. The number of aliphatic hydroxyl groups is 2. The first-order valence-electron chi connectivity index (χ1n) is 41.3. The number of rotatable bonds is 78. The van der Waals surface area contributed by atoms with Crippen molar-refractivity contribution in [3.63, 3.8) is 0 Å². The Morgan fingerprint density at radius 1 is 0.311 bits per heavy atom. The van der Waals surface area contributed by atoms with E-state index < -0.39 is 12.1 Å². The standard InChI is InChI=1S/C84H161NO5/c1-3-5-7-9-11-13-15-17-19-20-21-22-23-33-36-39-42-45-49-52-56-60-64-68-72-76-82(87)81(80-86)85-83(88)77-73-69-65-61-57-53-50-46-43-40-37-34-31-29-27-25-24-26-28-30-32-35-38-41-44-47-51-55-59-63-67-71-75-79-90-84(89)78-74-70-66-62-58-54-48-18-16-14-12-10-8-6-4-2/h28,30,35,38,72,76,81-82,86-87H,3-27,29,31-34,36-37,39-71,73-75,77-80H2,1-2H3,(H,85,88)/b30-28-,38-35-,76-72+. The topological polar surface area (TPSA) is 95.9 Å². The maximum absolute atomic E-state index is 12.6. The number of amides is 1. The van der Waals surface area contributed by atoms with Crippen LogP contribution in [-0.2, 0) is 14.3 Å². The van der Waals surface area contributed by atoms with Crippen molar-refractivity contribution >= 4 is 11.9 Å². The van der Waals surface area contributed by atoms with E-state index in [0.717, 1.165) is 44.9 Å². The van der Waals surface area contributed by atoms with E-state index in [4.69, 9.17) is 4.74 Å². The molecule has 0 saturated heterocycles. The summed E-state index contributed by atoms with van der Waals surface area (Å²) in [6.45, 7) is 4.96. The molecule has 6 heteroatoms. The van der Waals surface area contributed by atoms with Crippen LogP contribution in [0, 0.1) is 0 Å². The zero-order chi connectivity index (χ0) is 64.9. The highest BCUT2D eigenvalue weighted by Crippen LogP contribution is 2.20. The normalized spacial score (nSPS) is 12.6. The first kappa shape index (κ1) is 88.1. The fourth-order valence-corrected chi connectivity index (χ4v) is 13.1. The number of esters is 1. The van der Waals surface area contributed by atoms with E-state index >= 15 is 0 Å². The van der Waals surface area contributed by atoms with E-state index in [2.05, 4.69) is 43.5 Å². The van der Waals surface area contributed by atoms with Crippen molar-refractivity contribution in [1.29, 1.82) is 0 Å². The van der Waals surface area contributed by atoms with Gasteiger partial charge in [-0.15, -0.1) is 0 Å². The number of allylic oxidation sites excluding steroid dienone is 5. The Bertz CT molecular complexity index is 1460. The van der Waals surface area contributed by atoms with Crippen LogP contribution in [0.25, 0.3) is 0 Å². The van der Waals surface area contributed by atoms with E-state index in [1.807, 2.05) is 6.08 Å². The average Bonchev–Trinajstić information content (AvgIpc) is 3.55. The number of hydrogen-bond donors (Lipinski definition) is 3. The number of ether oxygens (including phenoxy) is 1. The summed E-state index contributed by atoms with van der Waals surface area (Å²) in [5, 5.41) is 23.3. The average molecular weight is 1270 g/mol. The van der Waals surface area contributed by atoms with E-state index in [0.29, 0.717) is 19.4 Å². The van der Waals surface area contributed by atoms with Crippen molar-refractivity contribution in [2.24, 2.45) is 0 Å². The van der Waals surface area contributed by atoms with E-state index in [1.54, 1.807) is 6.08 Å². The molecule has 0 rings (SSSR count). The summed E-state index contributed by atoms with van der Waals surface area (Å²) in [7, 11) is 0. The minimum absolute atomic E-state index is 0.0177. The molecule has 0 heterocycles. The molecule has 0 radical (unpaired) electrons. The second-order valence-corrected chi connectivity index (χ2v) is 28.5. The largest absolute Gasteiger partial charge is 0.466 e. The monoisotopic (exact) mass is 1260 g/mol. The third kappa shape index (κ3) is 75.1. The van der Waals surface area contributed by atoms with Crippen LogP contribution in [0.15, 0.2) is 36.5 Å². The molecule has 0 aromatic heterocycles. The van der Waals surface area contributed by atoms with E-state index in [1.165, 1.54) is 392 Å². The van der Waals surface area contributed by atoms with Crippen LogP contribution < -0.4 is 5.32 Å². The van der Waals surface area contributed by atoms with Gasteiger partial charge in [0, 0.05) is 12.8 Å². The summed E-state index contributed by atoms with van der Waals surface area (Å²) in [6, 6.07) is -0.628. The van der Waals surface area contributed by atoms with E-state index in [9.17, 15) is 19.8 Å². The van der Waals surface area contributed by atoms with Crippen LogP contribution in [0.1, 0.15) is 463 Å². The van der Waals surface area contributed by atoms with Crippen LogP contribution >= 0.6 is 0 Å². The third-order valence-corrected chi connectivity index (χ3v) is 19.4. The molecule has 0 aliphatic heterocycles. The van der Waals surface area contributed by atoms with Gasteiger partial charge in [-0.3, -0.25) is 9.59 Å². The highest BCUT2D eigenvalue weighted by molar-refractivity contribution is 5.76. The van der Waals surface area contributed by atoms with Crippen LogP contribution in [-0.4, -0.2) is 47.4 Å². The van der Waals surface area contributed by atoms with Gasteiger partial charge in [-0.2, -0.15) is 0 Å². The molecule has 0 aliphatic rings. The molecule has 0 aromatic carbocycles. The molecule has 0 saturated carbocycles. The third-order valence-electron chi connectivity index (χ3n) is 19.4. The molecule has 0 spiro atoms. The molecule has 0 fully saturated rings. The van der Waals surface area contributed by atoms with Gasteiger partial charge in [0.25, 0.3) is 0 Å². The molecule has 0 bridgehead atoms. The minimum atomic E-state index is -0.845. The predicted octanol–water partition coefficient (Wildman–Crippen LogP) is 27.4. The summed E-state index contributed by atoms with van der Waals surface area (Å²) in [6.07, 6.45) is 104. The number of carbonyl (C=O) groups is 2. The molecular formula is C84H161NO5. The Balaban J connectivity index is 3.40. The van der Waals surface area contributed by atoms with Gasteiger partial charge in [0.05, 0.1) is 25.4 Å². The molecule has 1 amide bonds. The quantitative estimate of drug-likeness (QED) is 0.0320. The highest BCUT2D eigenvalue weighted by atomic mass is 16.5. The van der Waals surface area contributed by atoms with Crippen molar-refractivity contribution in [2.75, 3.05) is 13.2 Å². The molecule has 6 nitrogen and oxygen atoms in total. The van der Waals surface area contributed by atoms with Crippen molar-refractivity contribution in [1.82, 2.24) is 5.32 Å². The molecule has 3 N–H and O–H groups in total. The number of nitrogens with one attached hydrogen (secondary N) is 1. The number of carbonyl (C=O) groups excluding carboxylic acids is 2. The van der Waals surface area contributed by atoms with Gasteiger partial charge in [-0.25, -0.2) is 0 Å². The Morgan fingerprint density at radius 2 is 0.556 bits per heavy atom. The van der Waals surface area contributed by atoms with Gasteiger partial charge in [0.15, 0.2) is 0 Å². The lowest BCUT2D eigenvalue weighted by atomic mass is 10.0. The van der Waals surface area contributed by atoms with Crippen LogP contribution in [0.3, 0.4) is 0 Å². The lowest BCUT2D eigenvalue weighted by molar-refractivity contribution is -0.143. The fourth-order valence-electron chi connectivity index (χ4n) is 13.1. The molecular weight excluding hydrogens is 1100 g/mol. The molecule has 90 heavy (non-hydrogen) atoms. The zero-order valence-corrected chi connectivity index (χ0v) is 61.1. The fraction of sp³-hybridized carbons (Fsp3) is 0.905. The Kier molecular flexibility index (Phi) is 77.8. The number of unbranched alkanes of at least 4 members (excludes halogenated alkanes) is 63. The molecule has 2 unspecified atom stereocenters. The van der Waals surface area contributed by atoms with Gasteiger partial charge >= 0.3 is 5.97 Å². The smallest absolute Gasteiger partial charge is 0.305 e. The number of hydrogen-bond acceptors (Lipinski definition) is 5. The summed E-state index contributed by atoms with van der Waals surface area (Å²) in [5.41, 5.74) is 0. The molecule has 0 aliphatic carbocycles. The van der Waals surface area contributed by atoms with Gasteiger partial charge in [0.1, 0.15) is 0 Å². The van der Waals surface area contributed by atoms with Crippen molar-refractivity contribution in [3.8, 4) is 0 Å². The van der Waals surface area contributed by atoms with Gasteiger partial charge in [0.2, 0.25) is 5.91 Å². The van der Waals surface area contributed by atoms with Crippen molar-refractivity contribution < 1.29 is 24.5 Å². The summed E-state index contributed by atoms with van der Waals surface area (Å²) in [4.78, 5) is 24.7. The highest BCUT2D eigenvalue weighted by Gasteiger charge is 2.18. The Morgan fingerprint density at radius 3 is 0.844 bits per heavy atom. The molecule has 2 atom stereocenters.